The Morgan fingerprint density at radius 1 is 1.16 bits per heavy atom. The van der Waals surface area contributed by atoms with E-state index in [-0.39, 0.29) is 24.6 Å². The van der Waals surface area contributed by atoms with Crippen molar-refractivity contribution in [3.63, 3.8) is 0 Å². The van der Waals surface area contributed by atoms with E-state index in [0.717, 1.165) is 22.7 Å². The van der Waals surface area contributed by atoms with Gasteiger partial charge in [-0.05, 0) is 55.7 Å². The zero-order chi connectivity index (χ0) is 22.7. The molecule has 2 heterocycles. The zero-order valence-corrected chi connectivity index (χ0v) is 18.3. The minimum atomic E-state index is -0.425. The number of esters is 1. The molecule has 9 heteroatoms. The number of hydrogen-bond donors (Lipinski definition) is 1. The van der Waals surface area contributed by atoms with Crippen LogP contribution in [0, 0.1) is 6.92 Å². The monoisotopic (exact) mass is 448 g/mol. The summed E-state index contributed by atoms with van der Waals surface area (Å²) in [4.78, 5) is 41.4. The van der Waals surface area contributed by atoms with Crippen LogP contribution in [0.3, 0.4) is 0 Å². The van der Waals surface area contributed by atoms with Crippen LogP contribution in [0.15, 0.2) is 59.7 Å². The predicted molar refractivity (Wildman–Crippen MR) is 123 cm³/mol. The first-order valence-corrected chi connectivity index (χ1v) is 10.7. The van der Waals surface area contributed by atoms with Gasteiger partial charge in [-0.3, -0.25) is 14.2 Å². The maximum absolute atomic E-state index is 12.9. The van der Waals surface area contributed by atoms with Crippen molar-refractivity contribution >= 4 is 39.3 Å². The van der Waals surface area contributed by atoms with Crippen molar-refractivity contribution in [1.29, 1.82) is 0 Å². The van der Waals surface area contributed by atoms with E-state index in [0.29, 0.717) is 27.2 Å². The second-order valence-electron chi connectivity index (χ2n) is 7.10. The Labute approximate surface area is 187 Å². The predicted octanol–water partition coefficient (Wildman–Crippen LogP) is 3.64. The SMILES string of the molecule is CCOC(=O)c1ccc(NC(=O)Cn2cnc3c(-c4cccc(C)c4)nsc3c2=O)cc1. The topological polar surface area (TPSA) is 103 Å². The molecule has 4 rings (SSSR count). The summed E-state index contributed by atoms with van der Waals surface area (Å²) in [6, 6.07) is 14.2. The Morgan fingerprint density at radius 2 is 1.94 bits per heavy atom. The molecule has 0 atom stereocenters. The van der Waals surface area contributed by atoms with E-state index in [1.807, 2.05) is 31.2 Å². The molecule has 0 spiro atoms. The van der Waals surface area contributed by atoms with Crippen LogP contribution >= 0.6 is 11.5 Å². The lowest BCUT2D eigenvalue weighted by Gasteiger charge is -2.08. The fourth-order valence-corrected chi connectivity index (χ4v) is 4.02. The van der Waals surface area contributed by atoms with E-state index in [9.17, 15) is 14.4 Å². The van der Waals surface area contributed by atoms with Gasteiger partial charge in [-0.1, -0.05) is 23.8 Å². The van der Waals surface area contributed by atoms with E-state index in [1.165, 1.54) is 10.9 Å². The lowest BCUT2D eigenvalue weighted by Crippen LogP contribution is -2.27. The highest BCUT2D eigenvalue weighted by Gasteiger charge is 2.16. The van der Waals surface area contributed by atoms with Crippen molar-refractivity contribution in [1.82, 2.24) is 13.9 Å². The number of fused-ring (bicyclic) bond motifs is 1. The third kappa shape index (κ3) is 4.42. The van der Waals surface area contributed by atoms with Crippen molar-refractivity contribution in [2.45, 2.75) is 20.4 Å². The standard InChI is InChI=1S/C23H20N4O4S/c1-3-31-23(30)15-7-9-17(10-8-15)25-18(28)12-27-13-24-20-19(26-32-21(20)22(27)29)16-6-4-5-14(2)11-16/h4-11,13H,3,12H2,1-2H3,(H,25,28). The molecule has 32 heavy (non-hydrogen) atoms. The maximum Gasteiger partial charge on any atom is 0.338 e. The number of hydrogen-bond acceptors (Lipinski definition) is 7. The molecule has 4 aromatic rings. The normalized spacial score (nSPS) is 10.8. The highest BCUT2D eigenvalue weighted by Crippen LogP contribution is 2.27. The number of benzene rings is 2. The molecule has 0 saturated carbocycles. The molecule has 0 saturated heterocycles. The van der Waals surface area contributed by atoms with E-state index >= 15 is 0 Å². The first-order chi connectivity index (χ1) is 15.5. The maximum atomic E-state index is 12.9. The molecule has 1 N–H and O–H groups in total. The summed E-state index contributed by atoms with van der Waals surface area (Å²) in [5.41, 5.74) is 3.74. The number of aromatic nitrogens is 3. The Bertz CT molecular complexity index is 1360. The average molecular weight is 449 g/mol. The zero-order valence-electron chi connectivity index (χ0n) is 17.5. The van der Waals surface area contributed by atoms with Gasteiger partial charge in [0.25, 0.3) is 5.56 Å². The third-order valence-electron chi connectivity index (χ3n) is 4.73. The summed E-state index contributed by atoms with van der Waals surface area (Å²) < 4.78 is 11.0. The Hall–Kier alpha value is -3.85. The van der Waals surface area contributed by atoms with Crippen molar-refractivity contribution in [3.05, 3.63) is 76.3 Å². The van der Waals surface area contributed by atoms with Gasteiger partial charge < -0.3 is 10.1 Å². The van der Waals surface area contributed by atoms with Crippen molar-refractivity contribution < 1.29 is 14.3 Å². The van der Waals surface area contributed by atoms with Gasteiger partial charge in [-0.25, -0.2) is 9.78 Å². The fraction of sp³-hybridized carbons (Fsp3) is 0.174. The fourth-order valence-electron chi connectivity index (χ4n) is 3.21. The van der Waals surface area contributed by atoms with Gasteiger partial charge >= 0.3 is 5.97 Å². The van der Waals surface area contributed by atoms with Crippen LogP contribution < -0.4 is 10.9 Å². The number of carbonyl (C=O) groups excluding carboxylic acids is 2. The summed E-state index contributed by atoms with van der Waals surface area (Å²) in [6.45, 7) is 3.81. The quantitative estimate of drug-likeness (QED) is 0.452. The van der Waals surface area contributed by atoms with Crippen LogP contribution in [-0.2, 0) is 16.1 Å². The second kappa shape index (κ2) is 9.11. The highest BCUT2D eigenvalue weighted by molar-refractivity contribution is 7.13. The summed E-state index contributed by atoms with van der Waals surface area (Å²) in [7, 11) is 0. The van der Waals surface area contributed by atoms with Gasteiger partial charge in [-0.2, -0.15) is 4.37 Å². The van der Waals surface area contributed by atoms with Gasteiger partial charge in [0.1, 0.15) is 22.5 Å². The summed E-state index contributed by atoms with van der Waals surface area (Å²) in [5, 5.41) is 2.71. The second-order valence-corrected chi connectivity index (χ2v) is 7.88. The van der Waals surface area contributed by atoms with E-state index in [2.05, 4.69) is 14.7 Å². The number of carbonyl (C=O) groups is 2. The first kappa shape index (κ1) is 21.4. The number of rotatable bonds is 6. The smallest absolute Gasteiger partial charge is 0.338 e. The molecule has 0 aliphatic carbocycles. The van der Waals surface area contributed by atoms with Crippen LogP contribution in [0.25, 0.3) is 21.5 Å². The molecule has 0 bridgehead atoms. The molecule has 8 nitrogen and oxygen atoms in total. The molecule has 0 aliphatic rings. The van der Waals surface area contributed by atoms with Gasteiger partial charge in [0.2, 0.25) is 5.91 Å². The number of amides is 1. The highest BCUT2D eigenvalue weighted by atomic mass is 32.1. The molecule has 0 aliphatic heterocycles. The van der Waals surface area contributed by atoms with E-state index in [1.54, 1.807) is 31.2 Å². The van der Waals surface area contributed by atoms with Crippen LogP contribution in [0.2, 0.25) is 0 Å². The minimum Gasteiger partial charge on any atom is -0.462 e. The number of ether oxygens (including phenoxy) is 1. The summed E-state index contributed by atoms with van der Waals surface area (Å²) in [6.07, 6.45) is 1.36. The molecular formula is C23H20N4O4S. The molecule has 1 amide bonds. The molecule has 2 aromatic carbocycles. The molecule has 2 aromatic heterocycles. The number of nitrogens with zero attached hydrogens (tertiary/aromatic N) is 3. The number of nitrogens with one attached hydrogen (secondary N) is 1. The third-order valence-corrected chi connectivity index (χ3v) is 5.56. The summed E-state index contributed by atoms with van der Waals surface area (Å²) in [5.74, 6) is -0.813. The Morgan fingerprint density at radius 3 is 2.66 bits per heavy atom. The largest absolute Gasteiger partial charge is 0.462 e. The number of anilines is 1. The Kier molecular flexibility index (Phi) is 6.09. The molecule has 0 unspecified atom stereocenters. The van der Waals surface area contributed by atoms with Crippen molar-refractivity contribution in [3.8, 4) is 11.3 Å². The Balaban J connectivity index is 1.51. The van der Waals surface area contributed by atoms with Gasteiger partial charge in [0, 0.05) is 11.3 Å². The molecule has 0 fully saturated rings. The minimum absolute atomic E-state index is 0.195. The van der Waals surface area contributed by atoms with E-state index < -0.39 is 5.97 Å². The van der Waals surface area contributed by atoms with Crippen LogP contribution in [0.4, 0.5) is 5.69 Å². The molecule has 162 valence electrons. The number of aryl methyl sites for hydroxylation is 1. The lowest BCUT2D eigenvalue weighted by molar-refractivity contribution is -0.116. The van der Waals surface area contributed by atoms with Gasteiger partial charge in [0.05, 0.1) is 18.5 Å². The average Bonchev–Trinajstić information content (AvgIpc) is 3.21. The molecule has 0 radical (unpaired) electrons. The molecular weight excluding hydrogens is 428 g/mol. The van der Waals surface area contributed by atoms with Gasteiger partial charge in [0.15, 0.2) is 0 Å². The van der Waals surface area contributed by atoms with Crippen molar-refractivity contribution in [2.24, 2.45) is 0 Å². The van der Waals surface area contributed by atoms with Gasteiger partial charge in [-0.15, -0.1) is 0 Å². The summed E-state index contributed by atoms with van der Waals surface area (Å²) >= 11 is 1.07. The van der Waals surface area contributed by atoms with Crippen LogP contribution in [-0.4, -0.2) is 32.4 Å². The first-order valence-electron chi connectivity index (χ1n) is 9.95. The van der Waals surface area contributed by atoms with Crippen molar-refractivity contribution in [2.75, 3.05) is 11.9 Å². The van der Waals surface area contributed by atoms with Crippen LogP contribution in [0.5, 0.6) is 0 Å². The lowest BCUT2D eigenvalue weighted by atomic mass is 10.1. The van der Waals surface area contributed by atoms with Crippen LogP contribution in [0.1, 0.15) is 22.8 Å². The van der Waals surface area contributed by atoms with E-state index in [4.69, 9.17) is 4.74 Å².